The molecule has 1 unspecified atom stereocenters. The fraction of sp³-hybridized carbons (Fsp3) is 0.647. The fourth-order valence-electron chi connectivity index (χ4n) is 3.29. The lowest BCUT2D eigenvalue weighted by Gasteiger charge is -2.30. The van der Waals surface area contributed by atoms with E-state index >= 15 is 0 Å². The third-order valence-electron chi connectivity index (χ3n) is 4.25. The molecule has 0 aliphatic heterocycles. The van der Waals surface area contributed by atoms with E-state index in [1.54, 1.807) is 0 Å². The van der Waals surface area contributed by atoms with E-state index in [1.165, 1.54) is 49.9 Å². The van der Waals surface area contributed by atoms with Crippen LogP contribution in [0.5, 0.6) is 0 Å². The van der Waals surface area contributed by atoms with Crippen molar-refractivity contribution in [2.24, 2.45) is 11.7 Å². The van der Waals surface area contributed by atoms with E-state index in [2.05, 4.69) is 53.0 Å². The van der Waals surface area contributed by atoms with Gasteiger partial charge in [0.05, 0.1) is 0 Å². The Hall–Kier alpha value is -0.540. The predicted molar refractivity (Wildman–Crippen MR) is 91.3 cm³/mol. The topological polar surface area (TPSA) is 29.3 Å². The number of benzene rings is 1. The van der Waals surface area contributed by atoms with Crippen LogP contribution in [-0.4, -0.2) is 19.6 Å². The lowest BCUT2D eigenvalue weighted by atomic mass is 9.89. The van der Waals surface area contributed by atoms with E-state index in [0.29, 0.717) is 0 Å². The first-order chi connectivity index (χ1) is 9.56. The second-order valence-corrected chi connectivity index (χ2v) is 7.25. The molecular weight excluding hydrogens is 312 g/mol. The zero-order valence-corrected chi connectivity index (χ0v) is 14.3. The minimum atomic E-state index is 0.200. The summed E-state index contributed by atoms with van der Waals surface area (Å²) in [4.78, 5) is 2.43. The van der Waals surface area contributed by atoms with Gasteiger partial charge in [-0.1, -0.05) is 35.2 Å². The van der Waals surface area contributed by atoms with Crippen molar-refractivity contribution in [3.8, 4) is 0 Å². The molecule has 0 bridgehead atoms. The highest BCUT2D eigenvalue weighted by molar-refractivity contribution is 9.10. The van der Waals surface area contributed by atoms with Gasteiger partial charge in [-0.15, -0.1) is 0 Å². The molecular formula is C17H27BrN2. The molecule has 3 heteroatoms. The van der Waals surface area contributed by atoms with Crippen molar-refractivity contribution in [3.63, 3.8) is 0 Å². The lowest BCUT2D eigenvalue weighted by Crippen LogP contribution is -2.28. The highest BCUT2D eigenvalue weighted by atomic mass is 79.9. The predicted octanol–water partition coefficient (Wildman–Crippen LogP) is 4.36. The fourth-order valence-corrected chi connectivity index (χ4v) is 3.70. The van der Waals surface area contributed by atoms with Crippen molar-refractivity contribution in [1.82, 2.24) is 0 Å². The molecule has 2 nitrogen and oxygen atoms in total. The van der Waals surface area contributed by atoms with Gasteiger partial charge in [-0.2, -0.15) is 0 Å². The first-order valence-corrected chi connectivity index (χ1v) is 8.60. The zero-order valence-electron chi connectivity index (χ0n) is 12.7. The Kier molecular flexibility index (Phi) is 5.91. The summed E-state index contributed by atoms with van der Waals surface area (Å²) < 4.78 is 1.14. The van der Waals surface area contributed by atoms with Gasteiger partial charge >= 0.3 is 0 Å². The maximum atomic E-state index is 5.99. The molecule has 1 aromatic carbocycles. The molecule has 0 amide bonds. The number of nitrogens with zero attached hydrogens (tertiary/aromatic N) is 1. The van der Waals surface area contributed by atoms with Gasteiger partial charge in [-0.3, -0.25) is 0 Å². The van der Waals surface area contributed by atoms with Crippen LogP contribution in [0.4, 0.5) is 5.69 Å². The van der Waals surface area contributed by atoms with Gasteiger partial charge in [-0.25, -0.2) is 0 Å². The van der Waals surface area contributed by atoms with Crippen LogP contribution in [0.25, 0.3) is 0 Å². The van der Waals surface area contributed by atoms with Crippen molar-refractivity contribution in [3.05, 3.63) is 28.2 Å². The summed E-state index contributed by atoms with van der Waals surface area (Å²) in [5.41, 5.74) is 8.69. The molecule has 2 rings (SSSR count). The number of rotatable bonds is 5. The lowest BCUT2D eigenvalue weighted by molar-refractivity contribution is 0.362. The van der Waals surface area contributed by atoms with Crippen molar-refractivity contribution in [2.45, 2.75) is 51.5 Å². The van der Waals surface area contributed by atoms with Crippen LogP contribution in [0, 0.1) is 5.92 Å². The summed E-state index contributed by atoms with van der Waals surface area (Å²) in [6, 6.07) is 6.78. The minimum absolute atomic E-state index is 0.200. The molecule has 1 saturated carbocycles. The summed E-state index contributed by atoms with van der Waals surface area (Å²) in [6.45, 7) is 3.25. The number of nitrogens with two attached hydrogens (primary N) is 1. The molecule has 1 aromatic rings. The molecule has 0 spiro atoms. The first kappa shape index (κ1) is 15.8. The van der Waals surface area contributed by atoms with Crippen LogP contribution in [-0.2, 0) is 6.42 Å². The van der Waals surface area contributed by atoms with Crippen LogP contribution >= 0.6 is 15.9 Å². The average Bonchev–Trinajstić information content (AvgIpc) is 2.39. The Bertz CT molecular complexity index is 425. The molecule has 0 saturated heterocycles. The summed E-state index contributed by atoms with van der Waals surface area (Å²) in [5, 5.41) is 0. The summed E-state index contributed by atoms with van der Waals surface area (Å²) >= 11 is 3.57. The number of hydrogen-bond acceptors (Lipinski definition) is 2. The monoisotopic (exact) mass is 338 g/mol. The normalized spacial score (nSPS) is 18.0. The molecule has 0 heterocycles. The summed E-state index contributed by atoms with van der Waals surface area (Å²) in [6.07, 6.45) is 7.96. The highest BCUT2D eigenvalue weighted by Crippen LogP contribution is 2.29. The van der Waals surface area contributed by atoms with Crippen molar-refractivity contribution in [1.29, 1.82) is 0 Å². The Balaban J connectivity index is 2.09. The summed E-state index contributed by atoms with van der Waals surface area (Å²) in [5.74, 6) is 0.862. The Morgan fingerprint density at radius 2 is 2.00 bits per heavy atom. The van der Waals surface area contributed by atoms with Gasteiger partial charge < -0.3 is 10.6 Å². The quantitative estimate of drug-likeness (QED) is 0.864. The first-order valence-electron chi connectivity index (χ1n) is 7.81. The minimum Gasteiger partial charge on any atom is -0.374 e. The van der Waals surface area contributed by atoms with Gasteiger partial charge in [0, 0.05) is 29.8 Å². The average molecular weight is 339 g/mol. The van der Waals surface area contributed by atoms with Gasteiger partial charge in [0.1, 0.15) is 0 Å². The van der Waals surface area contributed by atoms with Crippen molar-refractivity contribution < 1.29 is 0 Å². The van der Waals surface area contributed by atoms with Crippen molar-refractivity contribution >= 4 is 21.6 Å². The molecule has 1 aliphatic carbocycles. The van der Waals surface area contributed by atoms with E-state index in [0.717, 1.165) is 16.8 Å². The molecule has 0 radical (unpaired) electrons. The summed E-state index contributed by atoms with van der Waals surface area (Å²) in [7, 11) is 2.22. The number of halogens is 1. The van der Waals surface area contributed by atoms with E-state index in [9.17, 15) is 0 Å². The molecule has 1 fully saturated rings. The maximum absolute atomic E-state index is 5.99. The van der Waals surface area contributed by atoms with E-state index in [1.807, 2.05) is 0 Å². The van der Waals surface area contributed by atoms with Crippen LogP contribution in [0.1, 0.15) is 44.6 Å². The highest BCUT2D eigenvalue weighted by Gasteiger charge is 2.17. The van der Waals surface area contributed by atoms with Crippen LogP contribution in [0.3, 0.4) is 0 Å². The van der Waals surface area contributed by atoms with Gasteiger partial charge in [-0.05, 0) is 55.9 Å². The third kappa shape index (κ3) is 4.49. The second-order valence-electron chi connectivity index (χ2n) is 6.34. The molecule has 112 valence electrons. The van der Waals surface area contributed by atoms with E-state index in [4.69, 9.17) is 5.73 Å². The Morgan fingerprint density at radius 1 is 1.30 bits per heavy atom. The van der Waals surface area contributed by atoms with E-state index in [-0.39, 0.29) is 6.04 Å². The molecule has 2 N–H and O–H groups in total. The number of anilines is 1. The van der Waals surface area contributed by atoms with Gasteiger partial charge in [0.2, 0.25) is 0 Å². The third-order valence-corrected chi connectivity index (χ3v) is 4.74. The van der Waals surface area contributed by atoms with Crippen molar-refractivity contribution in [2.75, 3.05) is 18.5 Å². The SMILES string of the molecule is CC(N)Cc1cc(Br)ccc1N(C)CC1CCCCC1. The van der Waals surface area contributed by atoms with Crippen LogP contribution in [0.2, 0.25) is 0 Å². The van der Waals surface area contributed by atoms with E-state index < -0.39 is 0 Å². The number of hydrogen-bond donors (Lipinski definition) is 1. The molecule has 0 aromatic heterocycles. The van der Waals surface area contributed by atoms with Crippen LogP contribution < -0.4 is 10.6 Å². The smallest absolute Gasteiger partial charge is 0.0397 e. The zero-order chi connectivity index (χ0) is 14.5. The molecule has 20 heavy (non-hydrogen) atoms. The maximum Gasteiger partial charge on any atom is 0.0397 e. The Morgan fingerprint density at radius 3 is 2.65 bits per heavy atom. The largest absolute Gasteiger partial charge is 0.374 e. The standard InChI is InChI=1S/C17H27BrN2/c1-13(19)10-15-11-16(18)8-9-17(15)20(2)12-14-6-4-3-5-7-14/h8-9,11,13-14H,3-7,10,12,19H2,1-2H3. The van der Waals surface area contributed by atoms with Gasteiger partial charge in [0.25, 0.3) is 0 Å². The molecule has 1 aliphatic rings. The molecule has 1 atom stereocenters. The Labute approximate surface area is 131 Å². The second kappa shape index (κ2) is 7.46. The van der Waals surface area contributed by atoms with Gasteiger partial charge in [0.15, 0.2) is 0 Å². The van der Waals surface area contributed by atoms with Crippen LogP contribution in [0.15, 0.2) is 22.7 Å².